The van der Waals surface area contributed by atoms with Gasteiger partial charge in [0.15, 0.2) is 11.3 Å². The number of benzene rings is 2. The van der Waals surface area contributed by atoms with Crippen molar-refractivity contribution in [3.63, 3.8) is 0 Å². The Bertz CT molecular complexity index is 927. The molecular formula is C17H12FNO3. The lowest BCUT2D eigenvalue weighted by atomic mass is 10.1. The zero-order valence-corrected chi connectivity index (χ0v) is 11.7. The van der Waals surface area contributed by atoms with Gasteiger partial charge in [-0.1, -0.05) is 6.07 Å². The first-order chi connectivity index (χ1) is 10.5. The molecule has 0 aliphatic heterocycles. The lowest BCUT2D eigenvalue weighted by Crippen LogP contribution is -2.06. The largest absolute Gasteiger partial charge is 0.507 e. The predicted molar refractivity (Wildman–Crippen MR) is 81.9 cm³/mol. The van der Waals surface area contributed by atoms with Crippen LogP contribution in [0.25, 0.3) is 22.9 Å². The highest BCUT2D eigenvalue weighted by molar-refractivity contribution is 5.78. The van der Waals surface area contributed by atoms with Crippen molar-refractivity contribution in [2.24, 2.45) is 0 Å². The molecule has 3 aromatic rings. The topological polar surface area (TPSA) is 63.3 Å². The monoisotopic (exact) mass is 297 g/mol. The van der Waals surface area contributed by atoms with E-state index < -0.39 is 11.4 Å². The fourth-order valence-corrected chi connectivity index (χ4v) is 2.05. The van der Waals surface area contributed by atoms with Gasteiger partial charge >= 0.3 is 5.63 Å². The summed E-state index contributed by atoms with van der Waals surface area (Å²) in [7, 11) is 0. The lowest BCUT2D eigenvalue weighted by molar-refractivity contribution is 0.513. The molecule has 1 heterocycles. The van der Waals surface area contributed by atoms with Crippen LogP contribution < -0.4 is 5.63 Å². The molecule has 110 valence electrons. The van der Waals surface area contributed by atoms with Crippen LogP contribution in [0.1, 0.15) is 16.8 Å². The maximum atomic E-state index is 12.9. The van der Waals surface area contributed by atoms with Crippen LogP contribution in [0.5, 0.6) is 0 Å². The summed E-state index contributed by atoms with van der Waals surface area (Å²) < 4.78 is 18.0. The van der Waals surface area contributed by atoms with Gasteiger partial charge in [0.25, 0.3) is 0 Å². The maximum absolute atomic E-state index is 12.9. The standard InChI is InChI=1S/C17H12FNO3/c1-10-2-7-16-13(8-10)19-14(17(21)22-16)9-15(20)11-3-5-12(18)6-4-11/h2-9,20H,1H3. The van der Waals surface area contributed by atoms with E-state index in [0.717, 1.165) is 5.56 Å². The molecule has 0 amide bonds. The smallest absolute Gasteiger partial charge is 0.362 e. The quantitative estimate of drug-likeness (QED) is 0.733. The molecule has 0 saturated carbocycles. The van der Waals surface area contributed by atoms with Crippen molar-refractivity contribution in [3.8, 4) is 0 Å². The molecule has 0 radical (unpaired) electrons. The molecular weight excluding hydrogens is 285 g/mol. The van der Waals surface area contributed by atoms with E-state index in [4.69, 9.17) is 4.42 Å². The molecule has 0 bridgehead atoms. The molecule has 1 aromatic heterocycles. The lowest BCUT2D eigenvalue weighted by Gasteiger charge is -2.01. The number of aliphatic hydroxyl groups excluding tert-OH is 1. The number of aliphatic hydroxyl groups is 1. The van der Waals surface area contributed by atoms with E-state index in [9.17, 15) is 14.3 Å². The van der Waals surface area contributed by atoms with Crippen molar-refractivity contribution < 1.29 is 13.9 Å². The van der Waals surface area contributed by atoms with Crippen LogP contribution in [0, 0.1) is 12.7 Å². The number of aromatic nitrogens is 1. The van der Waals surface area contributed by atoms with Crippen LogP contribution in [0.3, 0.4) is 0 Å². The third-order valence-corrected chi connectivity index (χ3v) is 3.18. The Balaban J connectivity index is 2.09. The highest BCUT2D eigenvalue weighted by Crippen LogP contribution is 2.16. The summed E-state index contributed by atoms with van der Waals surface area (Å²) >= 11 is 0. The number of fused-ring (bicyclic) bond motifs is 1. The van der Waals surface area contributed by atoms with Crippen LogP contribution in [-0.4, -0.2) is 10.1 Å². The number of nitrogens with zero attached hydrogens (tertiary/aromatic N) is 1. The highest BCUT2D eigenvalue weighted by Gasteiger charge is 2.08. The van der Waals surface area contributed by atoms with Gasteiger partial charge in [0.2, 0.25) is 0 Å². The van der Waals surface area contributed by atoms with E-state index in [1.165, 1.54) is 30.3 Å². The molecule has 5 heteroatoms. The zero-order chi connectivity index (χ0) is 15.7. The van der Waals surface area contributed by atoms with E-state index in [1.54, 1.807) is 12.1 Å². The number of hydrogen-bond donors (Lipinski definition) is 1. The predicted octanol–water partition coefficient (Wildman–Crippen LogP) is 3.69. The van der Waals surface area contributed by atoms with Gasteiger partial charge in [0.1, 0.15) is 17.1 Å². The SMILES string of the molecule is Cc1ccc2oc(=O)c(C=C(O)c3ccc(F)cc3)nc2c1. The molecule has 4 nitrogen and oxygen atoms in total. The van der Waals surface area contributed by atoms with Crippen molar-refractivity contribution in [2.75, 3.05) is 0 Å². The average Bonchev–Trinajstić information content (AvgIpc) is 2.49. The summed E-state index contributed by atoms with van der Waals surface area (Å²) in [6, 6.07) is 10.5. The van der Waals surface area contributed by atoms with E-state index in [1.807, 2.05) is 13.0 Å². The fourth-order valence-electron chi connectivity index (χ4n) is 2.05. The Kier molecular flexibility index (Phi) is 3.47. The van der Waals surface area contributed by atoms with Crippen LogP contribution in [0.2, 0.25) is 0 Å². The van der Waals surface area contributed by atoms with Gasteiger partial charge in [0.05, 0.1) is 0 Å². The number of halogens is 1. The first kappa shape index (κ1) is 14.0. The normalized spacial score (nSPS) is 11.8. The molecule has 0 saturated heterocycles. The van der Waals surface area contributed by atoms with Gasteiger partial charge in [-0.2, -0.15) is 0 Å². The van der Waals surface area contributed by atoms with Crippen LogP contribution >= 0.6 is 0 Å². The van der Waals surface area contributed by atoms with Gasteiger partial charge in [-0.3, -0.25) is 0 Å². The van der Waals surface area contributed by atoms with Gasteiger partial charge in [-0.05, 0) is 48.9 Å². The summed E-state index contributed by atoms with van der Waals surface area (Å²) in [5.74, 6) is -0.595. The zero-order valence-electron chi connectivity index (χ0n) is 11.7. The molecule has 1 N–H and O–H groups in total. The molecule has 22 heavy (non-hydrogen) atoms. The molecule has 0 atom stereocenters. The second-order valence-electron chi connectivity index (χ2n) is 4.89. The first-order valence-corrected chi connectivity index (χ1v) is 6.61. The number of hydrogen-bond acceptors (Lipinski definition) is 4. The molecule has 2 aromatic carbocycles. The maximum Gasteiger partial charge on any atom is 0.362 e. The Morgan fingerprint density at radius 2 is 1.95 bits per heavy atom. The van der Waals surface area contributed by atoms with Crippen LogP contribution in [0.15, 0.2) is 51.7 Å². The Hall–Kier alpha value is -2.95. The van der Waals surface area contributed by atoms with Gasteiger partial charge in [-0.25, -0.2) is 14.2 Å². The molecule has 0 unspecified atom stereocenters. The highest BCUT2D eigenvalue weighted by atomic mass is 19.1. The second-order valence-corrected chi connectivity index (χ2v) is 4.89. The van der Waals surface area contributed by atoms with E-state index in [-0.39, 0.29) is 11.5 Å². The minimum absolute atomic E-state index is 0.0140. The van der Waals surface area contributed by atoms with Crippen molar-refractivity contribution in [3.05, 3.63) is 75.5 Å². The molecule has 0 spiro atoms. The van der Waals surface area contributed by atoms with Crippen molar-refractivity contribution in [1.82, 2.24) is 4.98 Å². The van der Waals surface area contributed by atoms with Crippen LogP contribution in [-0.2, 0) is 0 Å². The van der Waals surface area contributed by atoms with Crippen molar-refractivity contribution in [1.29, 1.82) is 0 Å². The summed E-state index contributed by atoms with van der Waals surface area (Å²) in [4.78, 5) is 16.1. The minimum atomic E-state index is -0.648. The molecule has 3 rings (SSSR count). The van der Waals surface area contributed by atoms with Gasteiger partial charge < -0.3 is 9.52 Å². The molecule has 0 aliphatic rings. The second kappa shape index (κ2) is 5.44. The van der Waals surface area contributed by atoms with E-state index in [2.05, 4.69) is 4.98 Å². The minimum Gasteiger partial charge on any atom is -0.507 e. The van der Waals surface area contributed by atoms with E-state index >= 15 is 0 Å². The Morgan fingerprint density at radius 3 is 2.68 bits per heavy atom. The number of rotatable bonds is 2. The first-order valence-electron chi connectivity index (χ1n) is 6.61. The Labute approximate surface area is 125 Å². The Morgan fingerprint density at radius 1 is 1.23 bits per heavy atom. The molecule has 0 fully saturated rings. The van der Waals surface area contributed by atoms with Gasteiger partial charge in [-0.15, -0.1) is 0 Å². The third kappa shape index (κ3) is 2.74. The van der Waals surface area contributed by atoms with E-state index in [0.29, 0.717) is 16.7 Å². The van der Waals surface area contributed by atoms with Crippen molar-refractivity contribution in [2.45, 2.75) is 6.92 Å². The fraction of sp³-hybridized carbons (Fsp3) is 0.0588. The van der Waals surface area contributed by atoms with Crippen molar-refractivity contribution >= 4 is 22.9 Å². The summed E-state index contributed by atoms with van der Waals surface area (Å²) in [5, 5.41) is 10.0. The molecule has 0 aliphatic carbocycles. The average molecular weight is 297 g/mol. The number of aryl methyl sites for hydroxylation is 1. The van der Waals surface area contributed by atoms with Crippen LogP contribution in [0.4, 0.5) is 4.39 Å². The van der Waals surface area contributed by atoms with Gasteiger partial charge in [0, 0.05) is 11.6 Å². The summed E-state index contributed by atoms with van der Waals surface area (Å²) in [6.45, 7) is 1.90. The third-order valence-electron chi connectivity index (χ3n) is 3.18. The summed E-state index contributed by atoms with van der Waals surface area (Å²) in [5.41, 5.74) is 1.61. The summed E-state index contributed by atoms with van der Waals surface area (Å²) in [6.07, 6.45) is 1.21.